The molecule has 0 saturated heterocycles. The van der Waals surface area contributed by atoms with Gasteiger partial charge in [0.2, 0.25) is 0 Å². The molecule has 0 saturated carbocycles. The molecule has 0 unspecified atom stereocenters. The number of hydrogen-bond donors (Lipinski definition) is 3. The molecule has 2 aromatic carbocycles. The fraction of sp³-hybridized carbons (Fsp3) is 0.333. The Bertz CT molecular complexity index is 621. The fourth-order valence-corrected chi connectivity index (χ4v) is 1.91. The van der Waals surface area contributed by atoms with Gasteiger partial charge >= 0.3 is 7.12 Å². The summed E-state index contributed by atoms with van der Waals surface area (Å²) >= 11 is 0. The first-order chi connectivity index (χ1) is 10.7. The third kappa shape index (κ3) is 4.58. The van der Waals surface area contributed by atoms with Gasteiger partial charge in [0, 0.05) is 11.4 Å². The summed E-state index contributed by atoms with van der Waals surface area (Å²) in [6, 6.07) is 17.2. The summed E-state index contributed by atoms with van der Waals surface area (Å²) in [6.45, 7) is 6.82. The van der Waals surface area contributed by atoms with E-state index in [1.807, 2.05) is 42.5 Å². The van der Waals surface area contributed by atoms with Crippen molar-refractivity contribution in [1.82, 2.24) is 0 Å². The van der Waals surface area contributed by atoms with Gasteiger partial charge in [0.05, 0.1) is 11.2 Å². The van der Waals surface area contributed by atoms with Crippen molar-refractivity contribution in [2.24, 2.45) is 0 Å². The van der Waals surface area contributed by atoms with Crippen LogP contribution in [-0.4, -0.2) is 28.5 Å². The molecule has 2 aromatic rings. The molecule has 0 aromatic heterocycles. The van der Waals surface area contributed by atoms with Gasteiger partial charge in [0.1, 0.15) is 0 Å². The summed E-state index contributed by atoms with van der Waals surface area (Å²) in [5.74, 6) is 0. The van der Waals surface area contributed by atoms with Gasteiger partial charge in [-0.3, -0.25) is 0 Å². The third-order valence-corrected chi connectivity index (χ3v) is 4.14. The maximum atomic E-state index is 10.2. The van der Waals surface area contributed by atoms with Crippen molar-refractivity contribution in [3.63, 3.8) is 0 Å². The highest BCUT2D eigenvalue weighted by Crippen LogP contribution is 2.25. The van der Waals surface area contributed by atoms with Crippen molar-refractivity contribution in [2.45, 2.75) is 38.9 Å². The zero-order valence-electron chi connectivity index (χ0n) is 14.1. The minimum atomic E-state index is -1.10. The Morgan fingerprint density at radius 2 is 1.39 bits per heavy atom. The second-order valence-corrected chi connectivity index (χ2v) is 6.65. The van der Waals surface area contributed by atoms with Crippen LogP contribution < -0.4 is 10.8 Å². The largest absolute Gasteiger partial charge is 0.491 e. The Balaban J connectivity index is 2.04. The lowest BCUT2D eigenvalue weighted by Gasteiger charge is -2.38. The predicted molar refractivity (Wildman–Crippen MR) is 95.2 cm³/mol. The second-order valence-electron chi connectivity index (χ2n) is 6.65. The van der Waals surface area contributed by atoms with Gasteiger partial charge in [-0.15, -0.1) is 0 Å². The second kappa shape index (κ2) is 6.75. The number of para-hydroxylation sites is 1. The molecule has 0 bridgehead atoms. The summed E-state index contributed by atoms with van der Waals surface area (Å²) < 4.78 is 5.63. The van der Waals surface area contributed by atoms with Crippen LogP contribution in [0.1, 0.15) is 27.7 Å². The van der Waals surface area contributed by atoms with E-state index in [9.17, 15) is 10.1 Å². The average Bonchev–Trinajstić information content (AvgIpc) is 2.47. The number of nitrogens with one attached hydrogen (secondary N) is 1. The SMILES string of the molecule is CC(C)(O)C(C)(C)OB(O)c1ccc(Nc2ccccc2)cc1. The molecule has 0 aliphatic carbocycles. The molecule has 5 heteroatoms. The van der Waals surface area contributed by atoms with Crippen LogP contribution in [0.25, 0.3) is 0 Å². The summed E-state index contributed by atoms with van der Waals surface area (Å²) in [5, 5.41) is 23.6. The van der Waals surface area contributed by atoms with Gasteiger partial charge in [-0.1, -0.05) is 30.3 Å². The predicted octanol–water partition coefficient (Wildman–Crippen LogP) is 2.68. The van der Waals surface area contributed by atoms with E-state index < -0.39 is 18.3 Å². The Hall–Kier alpha value is -1.82. The quantitative estimate of drug-likeness (QED) is 0.718. The molecule has 122 valence electrons. The van der Waals surface area contributed by atoms with Crippen LogP contribution in [0.5, 0.6) is 0 Å². The number of rotatable bonds is 6. The first kappa shape index (κ1) is 17.5. The van der Waals surface area contributed by atoms with E-state index in [1.165, 1.54) is 0 Å². The van der Waals surface area contributed by atoms with E-state index in [4.69, 9.17) is 4.65 Å². The van der Waals surface area contributed by atoms with Crippen LogP contribution >= 0.6 is 0 Å². The van der Waals surface area contributed by atoms with Crippen molar-refractivity contribution in [3.05, 3.63) is 54.6 Å². The number of aliphatic hydroxyl groups is 1. The van der Waals surface area contributed by atoms with Gasteiger partial charge in [0.25, 0.3) is 0 Å². The fourth-order valence-electron chi connectivity index (χ4n) is 1.91. The lowest BCUT2D eigenvalue weighted by Crippen LogP contribution is -2.53. The van der Waals surface area contributed by atoms with Crippen molar-refractivity contribution >= 4 is 24.0 Å². The monoisotopic (exact) mass is 313 g/mol. The number of hydrogen-bond acceptors (Lipinski definition) is 4. The van der Waals surface area contributed by atoms with Gasteiger partial charge in [0.15, 0.2) is 0 Å². The van der Waals surface area contributed by atoms with E-state index in [0.29, 0.717) is 5.46 Å². The highest BCUT2D eigenvalue weighted by Gasteiger charge is 2.39. The highest BCUT2D eigenvalue weighted by atomic mass is 16.5. The first-order valence-electron chi connectivity index (χ1n) is 7.69. The smallest absolute Gasteiger partial charge is 0.423 e. The molecule has 0 radical (unpaired) electrons. The van der Waals surface area contributed by atoms with E-state index >= 15 is 0 Å². The molecule has 4 nitrogen and oxygen atoms in total. The average molecular weight is 313 g/mol. The summed E-state index contributed by atoms with van der Waals surface area (Å²) in [6.07, 6.45) is 0. The Morgan fingerprint density at radius 1 is 0.870 bits per heavy atom. The van der Waals surface area contributed by atoms with Crippen LogP contribution in [0.4, 0.5) is 11.4 Å². The van der Waals surface area contributed by atoms with Crippen LogP contribution in [0.3, 0.4) is 0 Å². The van der Waals surface area contributed by atoms with E-state index in [1.54, 1.807) is 39.8 Å². The van der Waals surface area contributed by atoms with Gasteiger partial charge in [-0.05, 0) is 57.4 Å². The van der Waals surface area contributed by atoms with Crippen LogP contribution in [-0.2, 0) is 4.65 Å². The van der Waals surface area contributed by atoms with Crippen LogP contribution in [0, 0.1) is 0 Å². The van der Waals surface area contributed by atoms with E-state index in [0.717, 1.165) is 11.4 Å². The van der Waals surface area contributed by atoms with Crippen LogP contribution in [0.15, 0.2) is 54.6 Å². The van der Waals surface area contributed by atoms with Crippen molar-refractivity contribution in [3.8, 4) is 0 Å². The summed E-state index contributed by atoms with van der Waals surface area (Å²) in [5.41, 5.74) is 0.617. The maximum absolute atomic E-state index is 10.2. The molecule has 0 fully saturated rings. The number of benzene rings is 2. The molecule has 3 N–H and O–H groups in total. The Kier molecular flexibility index (Phi) is 5.14. The lowest BCUT2D eigenvalue weighted by molar-refractivity contribution is -0.0982. The van der Waals surface area contributed by atoms with Gasteiger partial charge < -0.3 is 20.1 Å². The van der Waals surface area contributed by atoms with Crippen molar-refractivity contribution in [1.29, 1.82) is 0 Å². The van der Waals surface area contributed by atoms with E-state index in [-0.39, 0.29) is 0 Å². The summed E-state index contributed by atoms with van der Waals surface area (Å²) in [4.78, 5) is 0. The highest BCUT2D eigenvalue weighted by molar-refractivity contribution is 6.60. The zero-order chi connectivity index (χ0) is 17.1. The van der Waals surface area contributed by atoms with E-state index in [2.05, 4.69) is 5.32 Å². The van der Waals surface area contributed by atoms with Gasteiger partial charge in [-0.2, -0.15) is 0 Å². The molecule has 0 spiro atoms. The minimum Gasteiger partial charge on any atom is -0.423 e. The third-order valence-electron chi connectivity index (χ3n) is 4.14. The molecule has 0 amide bonds. The van der Waals surface area contributed by atoms with Crippen LogP contribution in [0.2, 0.25) is 0 Å². The Labute approximate surface area is 138 Å². The zero-order valence-corrected chi connectivity index (χ0v) is 14.1. The van der Waals surface area contributed by atoms with Crippen molar-refractivity contribution < 1.29 is 14.8 Å². The Morgan fingerprint density at radius 3 is 1.91 bits per heavy atom. The standard InChI is InChI=1S/C18H24BNO3/c1-17(2,21)18(3,4)23-19(22)14-10-12-16(13-11-14)20-15-8-6-5-7-9-15/h5-13,20-22H,1-4H3. The summed E-state index contributed by atoms with van der Waals surface area (Å²) in [7, 11) is -1.10. The molecular weight excluding hydrogens is 289 g/mol. The molecule has 23 heavy (non-hydrogen) atoms. The molecular formula is C18H24BNO3. The molecule has 0 atom stereocenters. The van der Waals surface area contributed by atoms with Gasteiger partial charge in [-0.25, -0.2) is 0 Å². The topological polar surface area (TPSA) is 61.7 Å². The molecule has 0 heterocycles. The maximum Gasteiger partial charge on any atom is 0.491 e. The molecule has 2 rings (SSSR count). The minimum absolute atomic E-state index is 0.640. The normalized spacial score (nSPS) is 12.1. The molecule has 0 aliphatic heterocycles. The van der Waals surface area contributed by atoms with Crippen molar-refractivity contribution in [2.75, 3.05) is 5.32 Å². The number of anilines is 2. The lowest BCUT2D eigenvalue weighted by atomic mass is 9.76. The molecule has 0 aliphatic rings. The first-order valence-corrected chi connectivity index (χ1v) is 7.69.